The van der Waals surface area contributed by atoms with Gasteiger partial charge in [0, 0.05) is 6.54 Å². The van der Waals surface area contributed by atoms with Crippen LogP contribution in [0.3, 0.4) is 0 Å². The molecule has 0 amide bonds. The Bertz CT molecular complexity index is 490. The van der Waals surface area contributed by atoms with E-state index < -0.39 is 11.9 Å². The van der Waals surface area contributed by atoms with Crippen LogP contribution in [0.4, 0.5) is 5.82 Å². The molecule has 5 nitrogen and oxygen atoms in total. The summed E-state index contributed by atoms with van der Waals surface area (Å²) in [6, 6.07) is 0. The molecule has 6 heteroatoms. The topological polar surface area (TPSA) is 75.1 Å². The Hall–Kier alpha value is -1.62. The quantitative estimate of drug-likeness (QED) is 0.765. The zero-order valence-corrected chi connectivity index (χ0v) is 10.6. The van der Waals surface area contributed by atoms with Crippen LogP contribution < -0.4 is 5.32 Å². The van der Waals surface area contributed by atoms with Crippen molar-refractivity contribution in [3.05, 3.63) is 23.6 Å². The van der Waals surface area contributed by atoms with Gasteiger partial charge in [0.05, 0.1) is 11.5 Å². The predicted octanol–water partition coefficient (Wildman–Crippen LogP) is 2.44. The van der Waals surface area contributed by atoms with Gasteiger partial charge in [-0.05, 0) is 24.8 Å². The second kappa shape index (κ2) is 5.35. The Labute approximate surface area is 110 Å². The van der Waals surface area contributed by atoms with Gasteiger partial charge in [0.25, 0.3) is 0 Å². The fourth-order valence-corrected chi connectivity index (χ4v) is 2.35. The summed E-state index contributed by atoms with van der Waals surface area (Å²) in [6.07, 6.45) is 3.14. The van der Waals surface area contributed by atoms with E-state index in [-0.39, 0.29) is 0 Å². The molecule has 1 aliphatic heterocycles. The molecule has 18 heavy (non-hydrogen) atoms. The van der Waals surface area contributed by atoms with Gasteiger partial charge in [-0.1, -0.05) is 18.2 Å². The number of carboxylic acids is 1. The molecule has 1 atom stereocenters. The summed E-state index contributed by atoms with van der Waals surface area (Å²) in [4.78, 5) is 19.2. The summed E-state index contributed by atoms with van der Waals surface area (Å²) in [6.45, 7) is 4.59. The summed E-state index contributed by atoms with van der Waals surface area (Å²) in [5, 5.41) is 12.6. The van der Waals surface area contributed by atoms with Gasteiger partial charge in [-0.25, -0.2) is 9.97 Å². The number of allylic oxidation sites excluding steroid dienone is 1. The summed E-state index contributed by atoms with van der Waals surface area (Å²) in [5.74, 6) is -0.597. The molecule has 0 saturated heterocycles. The molecule has 0 bridgehead atoms. The van der Waals surface area contributed by atoms with E-state index in [2.05, 4.69) is 21.9 Å². The fraction of sp³-hybridized carbons (Fsp3) is 0.417. The number of halogens is 1. The lowest BCUT2D eigenvalue weighted by atomic mass is 9.93. The van der Waals surface area contributed by atoms with Gasteiger partial charge in [-0.2, -0.15) is 0 Å². The molecular weight excluding hydrogens is 254 g/mol. The second-order valence-electron chi connectivity index (χ2n) is 4.30. The maximum Gasteiger partial charge on any atom is 0.306 e. The van der Waals surface area contributed by atoms with E-state index in [1.54, 1.807) is 0 Å². The molecule has 0 radical (unpaired) electrons. The molecule has 2 heterocycles. The number of carboxylic acid groups (broad SMARTS) is 1. The lowest BCUT2D eigenvalue weighted by molar-refractivity contribution is -0.141. The molecule has 1 aromatic rings. The van der Waals surface area contributed by atoms with Crippen molar-refractivity contribution in [1.29, 1.82) is 0 Å². The van der Waals surface area contributed by atoms with E-state index in [9.17, 15) is 4.79 Å². The lowest BCUT2D eigenvalue weighted by Crippen LogP contribution is -2.14. The van der Waals surface area contributed by atoms with Crippen molar-refractivity contribution in [2.75, 3.05) is 11.9 Å². The number of anilines is 1. The first-order valence-corrected chi connectivity index (χ1v) is 6.12. The Morgan fingerprint density at radius 1 is 1.56 bits per heavy atom. The van der Waals surface area contributed by atoms with Crippen LogP contribution in [0.5, 0.6) is 0 Å². The molecule has 2 rings (SSSR count). The van der Waals surface area contributed by atoms with Gasteiger partial charge in [0.15, 0.2) is 0 Å². The standard InChI is InChI=1S/C12H14ClN3O2/c1-7-5-8(12(17)18)3-2-4-14-11-9(7)10(13)15-6-16-11/h6,8H,1-5H2,(H,17,18)(H,14,15,16). The number of carbonyl (C=O) groups is 1. The highest BCUT2D eigenvalue weighted by molar-refractivity contribution is 6.31. The predicted molar refractivity (Wildman–Crippen MR) is 69.5 cm³/mol. The smallest absolute Gasteiger partial charge is 0.306 e. The number of fused-ring (bicyclic) bond motifs is 1. The third kappa shape index (κ3) is 2.61. The molecule has 1 unspecified atom stereocenters. The molecule has 0 saturated carbocycles. The van der Waals surface area contributed by atoms with Crippen molar-refractivity contribution in [3.63, 3.8) is 0 Å². The average Bonchev–Trinajstić information content (AvgIpc) is 2.39. The van der Waals surface area contributed by atoms with Crippen LogP contribution in [-0.2, 0) is 4.79 Å². The third-order valence-electron chi connectivity index (χ3n) is 3.02. The number of hydrogen-bond acceptors (Lipinski definition) is 4. The van der Waals surface area contributed by atoms with Gasteiger partial charge in [-0.3, -0.25) is 4.79 Å². The molecule has 0 fully saturated rings. The summed E-state index contributed by atoms with van der Waals surface area (Å²) < 4.78 is 0. The molecular formula is C12H14ClN3O2. The summed E-state index contributed by atoms with van der Waals surface area (Å²) in [5.41, 5.74) is 1.30. The third-order valence-corrected chi connectivity index (χ3v) is 3.30. The lowest BCUT2D eigenvalue weighted by Gasteiger charge is -2.13. The van der Waals surface area contributed by atoms with Gasteiger partial charge >= 0.3 is 5.97 Å². The largest absolute Gasteiger partial charge is 0.481 e. The SMILES string of the molecule is C=C1CC(C(=O)O)CCCNc2ncnc(Cl)c21. The average molecular weight is 268 g/mol. The van der Waals surface area contributed by atoms with Gasteiger partial charge in [0.2, 0.25) is 0 Å². The van der Waals surface area contributed by atoms with Crippen molar-refractivity contribution < 1.29 is 9.90 Å². The fourth-order valence-electron chi connectivity index (χ4n) is 2.08. The molecule has 1 aromatic heterocycles. The van der Waals surface area contributed by atoms with Crippen LogP contribution in [0, 0.1) is 5.92 Å². The van der Waals surface area contributed by atoms with Crippen LogP contribution in [0.1, 0.15) is 24.8 Å². The minimum atomic E-state index is -0.799. The maximum atomic E-state index is 11.1. The number of nitrogens with zero attached hydrogens (tertiary/aromatic N) is 2. The molecule has 0 spiro atoms. The number of hydrogen-bond donors (Lipinski definition) is 2. The highest BCUT2D eigenvalue weighted by atomic mass is 35.5. The Balaban J connectivity index is 2.37. The number of rotatable bonds is 1. The van der Waals surface area contributed by atoms with Crippen LogP contribution in [0.2, 0.25) is 5.15 Å². The van der Waals surface area contributed by atoms with Gasteiger partial charge < -0.3 is 10.4 Å². The molecule has 0 aromatic carbocycles. The van der Waals surface area contributed by atoms with E-state index in [4.69, 9.17) is 16.7 Å². The zero-order valence-electron chi connectivity index (χ0n) is 9.82. The number of aliphatic carboxylic acids is 1. The van der Waals surface area contributed by atoms with Crippen molar-refractivity contribution in [1.82, 2.24) is 9.97 Å². The normalized spacial score (nSPS) is 20.1. The summed E-state index contributed by atoms with van der Waals surface area (Å²) in [7, 11) is 0. The second-order valence-corrected chi connectivity index (χ2v) is 4.66. The van der Waals surface area contributed by atoms with Gasteiger partial charge in [0.1, 0.15) is 17.3 Å². The number of aromatic nitrogens is 2. The van der Waals surface area contributed by atoms with Crippen LogP contribution in [0.25, 0.3) is 5.57 Å². The van der Waals surface area contributed by atoms with Crippen molar-refractivity contribution >= 4 is 29.0 Å². The Kier molecular flexibility index (Phi) is 3.81. The minimum absolute atomic E-state index is 0.309. The Morgan fingerprint density at radius 2 is 2.33 bits per heavy atom. The van der Waals surface area contributed by atoms with E-state index in [0.29, 0.717) is 41.5 Å². The van der Waals surface area contributed by atoms with Crippen molar-refractivity contribution in [3.8, 4) is 0 Å². The summed E-state index contributed by atoms with van der Waals surface area (Å²) >= 11 is 6.04. The number of nitrogens with one attached hydrogen (secondary N) is 1. The Morgan fingerprint density at radius 3 is 3.06 bits per heavy atom. The molecule has 1 aliphatic rings. The highest BCUT2D eigenvalue weighted by Crippen LogP contribution is 2.33. The van der Waals surface area contributed by atoms with E-state index >= 15 is 0 Å². The molecule has 96 valence electrons. The van der Waals surface area contributed by atoms with Crippen LogP contribution in [-0.4, -0.2) is 27.6 Å². The minimum Gasteiger partial charge on any atom is -0.481 e. The van der Waals surface area contributed by atoms with E-state index in [0.717, 1.165) is 6.42 Å². The molecule has 2 N–H and O–H groups in total. The van der Waals surface area contributed by atoms with Crippen molar-refractivity contribution in [2.24, 2.45) is 5.92 Å². The first-order chi connectivity index (χ1) is 8.59. The van der Waals surface area contributed by atoms with E-state index in [1.807, 2.05) is 0 Å². The van der Waals surface area contributed by atoms with E-state index in [1.165, 1.54) is 6.33 Å². The highest BCUT2D eigenvalue weighted by Gasteiger charge is 2.23. The zero-order chi connectivity index (χ0) is 13.1. The monoisotopic (exact) mass is 267 g/mol. The van der Waals surface area contributed by atoms with Crippen LogP contribution >= 0.6 is 11.6 Å². The maximum absolute atomic E-state index is 11.1. The first kappa shape index (κ1) is 12.8. The van der Waals surface area contributed by atoms with Gasteiger partial charge in [-0.15, -0.1) is 0 Å². The first-order valence-electron chi connectivity index (χ1n) is 5.75. The van der Waals surface area contributed by atoms with Crippen LogP contribution in [0.15, 0.2) is 12.9 Å². The van der Waals surface area contributed by atoms with Crippen molar-refractivity contribution in [2.45, 2.75) is 19.3 Å². The molecule has 0 aliphatic carbocycles.